The summed E-state index contributed by atoms with van der Waals surface area (Å²) in [6.07, 6.45) is 0.302. The second-order valence-electron chi connectivity index (χ2n) is 2.84. The van der Waals surface area contributed by atoms with E-state index in [4.69, 9.17) is 4.74 Å². The molecule has 1 amide bonds. The second-order valence-corrected chi connectivity index (χ2v) is 2.84. The molecule has 14 heavy (non-hydrogen) atoms. The highest BCUT2D eigenvalue weighted by Crippen LogP contribution is 2.00. The van der Waals surface area contributed by atoms with Gasteiger partial charge in [-0.25, -0.2) is 4.99 Å². The van der Waals surface area contributed by atoms with Crippen molar-refractivity contribution in [3.63, 3.8) is 0 Å². The highest BCUT2D eigenvalue weighted by atomic mass is 16.5. The quantitative estimate of drug-likeness (QED) is 0.526. The fraction of sp³-hybridized carbons (Fsp3) is 0.273. The molecule has 74 valence electrons. The van der Waals surface area contributed by atoms with Crippen molar-refractivity contribution < 1.29 is 9.53 Å². The Balaban J connectivity index is 2.16. The van der Waals surface area contributed by atoms with E-state index in [1.165, 1.54) is 0 Å². The predicted octanol–water partition coefficient (Wildman–Crippen LogP) is 1.82. The van der Waals surface area contributed by atoms with Gasteiger partial charge in [-0.05, 0) is 12.3 Å². The van der Waals surface area contributed by atoms with E-state index >= 15 is 0 Å². The van der Waals surface area contributed by atoms with Gasteiger partial charge < -0.3 is 4.74 Å². The lowest BCUT2D eigenvalue weighted by molar-refractivity contribution is -0.118. The third kappa shape index (κ3) is 3.96. The molecule has 0 aliphatic rings. The van der Waals surface area contributed by atoms with Gasteiger partial charge in [-0.2, -0.15) is 0 Å². The van der Waals surface area contributed by atoms with Gasteiger partial charge in [0.25, 0.3) is 0 Å². The number of benzene rings is 1. The number of carbonyl (C=O) groups excluding carboxylic acids is 1. The van der Waals surface area contributed by atoms with Crippen LogP contribution in [0.15, 0.2) is 35.3 Å². The third-order valence-corrected chi connectivity index (χ3v) is 1.75. The van der Waals surface area contributed by atoms with Crippen LogP contribution in [0, 0.1) is 0 Å². The first-order valence-electron chi connectivity index (χ1n) is 4.44. The molecular weight excluding hydrogens is 178 g/mol. The van der Waals surface area contributed by atoms with Crippen LogP contribution in [-0.2, 0) is 16.1 Å². The Morgan fingerprint density at radius 3 is 2.71 bits per heavy atom. The minimum absolute atomic E-state index is 0.224. The summed E-state index contributed by atoms with van der Waals surface area (Å²) in [6, 6.07) is 9.82. The topological polar surface area (TPSA) is 38.7 Å². The first kappa shape index (κ1) is 10.6. The van der Waals surface area contributed by atoms with E-state index in [1.807, 2.05) is 30.3 Å². The zero-order valence-electron chi connectivity index (χ0n) is 7.98. The molecule has 1 aromatic carbocycles. The molecule has 0 saturated heterocycles. The van der Waals surface area contributed by atoms with Gasteiger partial charge in [0, 0.05) is 0 Å². The van der Waals surface area contributed by atoms with Gasteiger partial charge in [-0.1, -0.05) is 30.3 Å². The van der Waals surface area contributed by atoms with Crippen molar-refractivity contribution >= 4 is 12.6 Å². The van der Waals surface area contributed by atoms with Crippen molar-refractivity contribution in [2.24, 2.45) is 4.99 Å². The minimum Gasteiger partial charge on any atom is -0.376 e. The monoisotopic (exact) mass is 191 g/mol. The van der Waals surface area contributed by atoms with E-state index in [-0.39, 0.29) is 5.91 Å². The molecule has 0 bridgehead atoms. The smallest absolute Gasteiger partial charge is 0.247 e. The summed E-state index contributed by atoms with van der Waals surface area (Å²) in [5, 5.41) is 0. The lowest BCUT2D eigenvalue weighted by Crippen LogP contribution is -2.01. The average molecular weight is 191 g/mol. The largest absolute Gasteiger partial charge is 0.376 e. The first-order valence-corrected chi connectivity index (χ1v) is 4.44. The molecule has 1 aromatic rings. The molecule has 1 rings (SSSR count). The van der Waals surface area contributed by atoms with Gasteiger partial charge in [0.15, 0.2) is 0 Å². The van der Waals surface area contributed by atoms with Crippen LogP contribution >= 0.6 is 0 Å². The van der Waals surface area contributed by atoms with Gasteiger partial charge in [-0.3, -0.25) is 4.79 Å². The highest BCUT2D eigenvalue weighted by molar-refractivity contribution is 5.80. The van der Waals surface area contributed by atoms with Gasteiger partial charge >= 0.3 is 0 Å². The molecule has 0 fully saturated rings. The summed E-state index contributed by atoms with van der Waals surface area (Å²) in [5.41, 5.74) is 1.10. The Kier molecular flexibility index (Phi) is 4.58. The predicted molar refractivity (Wildman–Crippen MR) is 55.3 cm³/mol. The molecule has 0 heterocycles. The third-order valence-electron chi connectivity index (χ3n) is 1.75. The number of amides is 1. The lowest BCUT2D eigenvalue weighted by atomic mass is 10.2. The van der Waals surface area contributed by atoms with Gasteiger partial charge in [0.1, 0.15) is 0 Å². The van der Waals surface area contributed by atoms with Crippen molar-refractivity contribution in [2.75, 3.05) is 6.61 Å². The summed E-state index contributed by atoms with van der Waals surface area (Å²) in [5.74, 6) is -0.224. The lowest BCUT2D eigenvalue weighted by Gasteiger charge is -2.01. The maximum Gasteiger partial charge on any atom is 0.247 e. The standard InChI is InChI=1S/C11H13NO2/c1-12-11(13)7-8-14-9-10-5-3-2-4-6-10/h2-6H,1,7-9H2. The molecule has 0 N–H and O–H groups in total. The van der Waals surface area contributed by atoms with Crippen molar-refractivity contribution in [3.05, 3.63) is 35.9 Å². The van der Waals surface area contributed by atoms with Crippen molar-refractivity contribution in [1.29, 1.82) is 0 Å². The van der Waals surface area contributed by atoms with E-state index in [9.17, 15) is 4.79 Å². The van der Waals surface area contributed by atoms with Crippen molar-refractivity contribution in [1.82, 2.24) is 0 Å². The zero-order valence-corrected chi connectivity index (χ0v) is 7.98. The summed E-state index contributed by atoms with van der Waals surface area (Å²) in [4.78, 5) is 14.0. The summed E-state index contributed by atoms with van der Waals surface area (Å²) in [6.45, 7) is 4.07. The van der Waals surface area contributed by atoms with E-state index in [1.54, 1.807) is 0 Å². The zero-order chi connectivity index (χ0) is 10.2. The summed E-state index contributed by atoms with van der Waals surface area (Å²) in [7, 11) is 0. The number of rotatable bonds is 5. The van der Waals surface area contributed by atoms with Gasteiger partial charge in [0.2, 0.25) is 5.91 Å². The Hall–Kier alpha value is -1.48. The van der Waals surface area contributed by atoms with Crippen molar-refractivity contribution in [3.8, 4) is 0 Å². The molecule has 0 saturated carbocycles. The number of hydrogen-bond acceptors (Lipinski definition) is 2. The fourth-order valence-corrected chi connectivity index (χ4v) is 1.00. The molecule has 3 heteroatoms. The molecule has 3 nitrogen and oxygen atoms in total. The fourth-order valence-electron chi connectivity index (χ4n) is 1.00. The molecule has 0 aliphatic carbocycles. The summed E-state index contributed by atoms with van der Waals surface area (Å²) < 4.78 is 5.28. The van der Waals surface area contributed by atoms with Crippen LogP contribution in [0.4, 0.5) is 0 Å². The van der Waals surface area contributed by atoms with E-state index in [0.29, 0.717) is 19.6 Å². The number of carbonyl (C=O) groups is 1. The summed E-state index contributed by atoms with van der Waals surface area (Å²) >= 11 is 0. The van der Waals surface area contributed by atoms with Crippen LogP contribution in [0.3, 0.4) is 0 Å². The van der Waals surface area contributed by atoms with Crippen LogP contribution < -0.4 is 0 Å². The SMILES string of the molecule is C=NC(=O)CCOCc1ccccc1. The normalized spacial score (nSPS) is 9.71. The number of ether oxygens (including phenoxy) is 1. The minimum atomic E-state index is -0.224. The van der Waals surface area contributed by atoms with Crippen LogP contribution in [0.1, 0.15) is 12.0 Å². The number of hydrogen-bond donors (Lipinski definition) is 0. The molecule has 0 aliphatic heterocycles. The van der Waals surface area contributed by atoms with Crippen LogP contribution in [0.5, 0.6) is 0 Å². The molecule has 0 spiro atoms. The van der Waals surface area contributed by atoms with Crippen LogP contribution in [0.2, 0.25) is 0 Å². The molecule has 0 unspecified atom stereocenters. The number of nitrogens with zero attached hydrogens (tertiary/aromatic N) is 1. The van der Waals surface area contributed by atoms with Crippen molar-refractivity contribution in [2.45, 2.75) is 13.0 Å². The highest BCUT2D eigenvalue weighted by Gasteiger charge is 1.97. The molecule has 0 radical (unpaired) electrons. The van der Waals surface area contributed by atoms with Gasteiger partial charge in [-0.15, -0.1) is 0 Å². The molecule has 0 atom stereocenters. The van der Waals surface area contributed by atoms with E-state index in [2.05, 4.69) is 11.7 Å². The Morgan fingerprint density at radius 2 is 2.07 bits per heavy atom. The maximum absolute atomic E-state index is 10.7. The Morgan fingerprint density at radius 1 is 1.36 bits per heavy atom. The van der Waals surface area contributed by atoms with Gasteiger partial charge in [0.05, 0.1) is 19.6 Å². The number of aliphatic imine (C=N–C) groups is 1. The van der Waals surface area contributed by atoms with Crippen LogP contribution in [0.25, 0.3) is 0 Å². The molecule has 0 aromatic heterocycles. The van der Waals surface area contributed by atoms with E-state index in [0.717, 1.165) is 5.56 Å². The van der Waals surface area contributed by atoms with E-state index < -0.39 is 0 Å². The first-order chi connectivity index (χ1) is 6.83. The molecular formula is C11H13NO2. The maximum atomic E-state index is 10.7. The van der Waals surface area contributed by atoms with Crippen LogP contribution in [-0.4, -0.2) is 19.2 Å². The average Bonchev–Trinajstić information content (AvgIpc) is 2.25. The Labute approximate surface area is 83.4 Å². The second kappa shape index (κ2) is 6.05. The Bertz CT molecular complexity index is 295.